The van der Waals surface area contributed by atoms with E-state index in [2.05, 4.69) is 15.0 Å². The van der Waals surface area contributed by atoms with Gasteiger partial charge < -0.3 is 4.98 Å². The number of rotatable bonds is 3. The molecule has 0 saturated heterocycles. The van der Waals surface area contributed by atoms with Gasteiger partial charge in [-0.2, -0.15) is 5.26 Å². The zero-order valence-electron chi connectivity index (χ0n) is 11.2. The van der Waals surface area contributed by atoms with Gasteiger partial charge in [-0.15, -0.1) is 0 Å². The van der Waals surface area contributed by atoms with Gasteiger partial charge in [-0.05, 0) is 29.8 Å². The molecule has 0 unspecified atom stereocenters. The van der Waals surface area contributed by atoms with Crippen molar-refractivity contribution < 1.29 is 0 Å². The fraction of sp³-hybridized carbons (Fsp3) is 0. The van der Waals surface area contributed by atoms with Crippen LogP contribution >= 0.6 is 0 Å². The van der Waals surface area contributed by atoms with E-state index in [0.29, 0.717) is 5.56 Å². The highest BCUT2D eigenvalue weighted by Gasteiger charge is 2.00. The Hall–Kier alpha value is -3.19. The lowest BCUT2D eigenvalue weighted by atomic mass is 10.2. The second-order valence-electron chi connectivity index (χ2n) is 4.47. The predicted octanol–water partition coefficient (Wildman–Crippen LogP) is 3.51. The van der Waals surface area contributed by atoms with Crippen LogP contribution in [-0.2, 0) is 0 Å². The number of aromatic nitrogens is 3. The third kappa shape index (κ3) is 3.04. The minimum atomic E-state index is 0.552. The monoisotopic (exact) mass is 272 g/mol. The van der Waals surface area contributed by atoms with E-state index in [1.807, 2.05) is 48.6 Å². The third-order valence-electron chi connectivity index (χ3n) is 3.01. The van der Waals surface area contributed by atoms with Gasteiger partial charge in [0.1, 0.15) is 11.9 Å². The maximum atomic E-state index is 8.72. The SMILES string of the molecule is N#Cc1ccc(/C=C/c2ncc(-c3ccccc3)[nH]2)nc1. The number of nitrogens with one attached hydrogen (secondary N) is 1. The molecular weight excluding hydrogens is 260 g/mol. The fourth-order valence-electron chi connectivity index (χ4n) is 1.92. The number of pyridine rings is 1. The molecule has 0 fully saturated rings. The molecule has 0 atom stereocenters. The predicted molar refractivity (Wildman–Crippen MR) is 81.9 cm³/mol. The number of imidazole rings is 1. The van der Waals surface area contributed by atoms with Crippen LogP contribution in [-0.4, -0.2) is 15.0 Å². The molecule has 0 amide bonds. The summed E-state index contributed by atoms with van der Waals surface area (Å²) in [7, 11) is 0. The van der Waals surface area contributed by atoms with E-state index in [-0.39, 0.29) is 0 Å². The van der Waals surface area contributed by atoms with Gasteiger partial charge >= 0.3 is 0 Å². The summed E-state index contributed by atoms with van der Waals surface area (Å²) in [4.78, 5) is 11.7. The Bertz CT molecular complexity index is 793. The summed E-state index contributed by atoms with van der Waals surface area (Å²) in [5.74, 6) is 0.764. The van der Waals surface area contributed by atoms with E-state index >= 15 is 0 Å². The van der Waals surface area contributed by atoms with Crippen molar-refractivity contribution in [1.82, 2.24) is 15.0 Å². The van der Waals surface area contributed by atoms with Crippen molar-refractivity contribution in [3.63, 3.8) is 0 Å². The Balaban J connectivity index is 1.78. The molecule has 3 aromatic rings. The van der Waals surface area contributed by atoms with Crippen LogP contribution in [0.2, 0.25) is 0 Å². The second-order valence-corrected chi connectivity index (χ2v) is 4.47. The van der Waals surface area contributed by atoms with Crippen LogP contribution in [0.4, 0.5) is 0 Å². The Labute approximate surface area is 122 Å². The lowest BCUT2D eigenvalue weighted by Gasteiger charge is -1.95. The maximum absolute atomic E-state index is 8.72. The van der Waals surface area contributed by atoms with Gasteiger partial charge in [-0.25, -0.2) is 4.98 Å². The van der Waals surface area contributed by atoms with Gasteiger partial charge in [0.25, 0.3) is 0 Å². The highest BCUT2D eigenvalue weighted by molar-refractivity contribution is 5.67. The summed E-state index contributed by atoms with van der Waals surface area (Å²) in [6.45, 7) is 0. The topological polar surface area (TPSA) is 65.4 Å². The van der Waals surface area contributed by atoms with Crippen LogP contribution < -0.4 is 0 Å². The Kier molecular flexibility index (Phi) is 3.57. The van der Waals surface area contributed by atoms with E-state index in [1.165, 1.54) is 0 Å². The molecule has 0 aliphatic heterocycles. The highest BCUT2D eigenvalue weighted by Crippen LogP contribution is 2.16. The summed E-state index contributed by atoms with van der Waals surface area (Å²) in [5.41, 5.74) is 3.41. The van der Waals surface area contributed by atoms with Crippen LogP contribution in [0.3, 0.4) is 0 Å². The summed E-state index contributed by atoms with van der Waals surface area (Å²) >= 11 is 0. The summed E-state index contributed by atoms with van der Waals surface area (Å²) in [6.07, 6.45) is 7.08. The summed E-state index contributed by atoms with van der Waals surface area (Å²) in [6, 6.07) is 15.6. The first-order valence-electron chi connectivity index (χ1n) is 6.50. The van der Waals surface area contributed by atoms with Crippen molar-refractivity contribution in [1.29, 1.82) is 5.26 Å². The quantitative estimate of drug-likeness (QED) is 0.793. The molecule has 100 valence electrons. The molecule has 0 aliphatic carbocycles. The molecule has 21 heavy (non-hydrogen) atoms. The molecule has 2 heterocycles. The van der Waals surface area contributed by atoms with Crippen molar-refractivity contribution >= 4 is 12.2 Å². The van der Waals surface area contributed by atoms with Gasteiger partial charge in [-0.3, -0.25) is 4.98 Å². The largest absolute Gasteiger partial charge is 0.338 e. The van der Waals surface area contributed by atoms with Crippen LogP contribution in [0.25, 0.3) is 23.4 Å². The molecule has 3 rings (SSSR count). The lowest BCUT2D eigenvalue weighted by Crippen LogP contribution is -1.82. The number of benzene rings is 1. The van der Waals surface area contributed by atoms with Crippen molar-refractivity contribution in [3.05, 3.63) is 71.9 Å². The van der Waals surface area contributed by atoms with Gasteiger partial charge in [-0.1, -0.05) is 30.3 Å². The van der Waals surface area contributed by atoms with Crippen molar-refractivity contribution in [2.75, 3.05) is 0 Å². The standard InChI is InChI=1S/C17H12N4/c18-10-13-6-7-15(19-11-13)8-9-17-20-12-16(21-17)14-4-2-1-3-5-14/h1-9,11-12H,(H,20,21)/b9-8+. The van der Waals surface area contributed by atoms with Gasteiger partial charge in [0, 0.05) is 6.20 Å². The average Bonchev–Trinajstić information content (AvgIpc) is 3.03. The minimum absolute atomic E-state index is 0.552. The zero-order chi connectivity index (χ0) is 14.5. The first kappa shape index (κ1) is 12.8. The van der Waals surface area contributed by atoms with E-state index in [0.717, 1.165) is 22.8 Å². The number of nitrogens with zero attached hydrogens (tertiary/aromatic N) is 3. The van der Waals surface area contributed by atoms with E-state index in [4.69, 9.17) is 5.26 Å². The number of hydrogen-bond acceptors (Lipinski definition) is 3. The molecule has 2 aromatic heterocycles. The van der Waals surface area contributed by atoms with Gasteiger partial charge in [0.15, 0.2) is 0 Å². The first-order chi connectivity index (χ1) is 10.3. The Morgan fingerprint density at radius 1 is 0.952 bits per heavy atom. The van der Waals surface area contributed by atoms with E-state index in [9.17, 15) is 0 Å². The number of aromatic amines is 1. The number of nitriles is 1. The van der Waals surface area contributed by atoms with Gasteiger partial charge in [0.05, 0.1) is 23.1 Å². The Morgan fingerprint density at radius 2 is 1.81 bits per heavy atom. The van der Waals surface area contributed by atoms with Crippen molar-refractivity contribution in [3.8, 4) is 17.3 Å². The van der Waals surface area contributed by atoms with Crippen LogP contribution in [0.1, 0.15) is 17.1 Å². The zero-order valence-corrected chi connectivity index (χ0v) is 11.2. The maximum Gasteiger partial charge on any atom is 0.130 e. The van der Waals surface area contributed by atoms with Crippen LogP contribution in [0.15, 0.2) is 54.9 Å². The molecule has 1 N–H and O–H groups in total. The van der Waals surface area contributed by atoms with Crippen LogP contribution in [0, 0.1) is 11.3 Å². The van der Waals surface area contributed by atoms with Crippen molar-refractivity contribution in [2.45, 2.75) is 0 Å². The van der Waals surface area contributed by atoms with Crippen molar-refractivity contribution in [2.24, 2.45) is 0 Å². The van der Waals surface area contributed by atoms with E-state index < -0.39 is 0 Å². The van der Waals surface area contributed by atoms with Crippen LogP contribution in [0.5, 0.6) is 0 Å². The molecule has 0 bridgehead atoms. The molecule has 0 radical (unpaired) electrons. The molecule has 0 saturated carbocycles. The fourth-order valence-corrected chi connectivity index (χ4v) is 1.92. The molecular formula is C17H12N4. The summed E-state index contributed by atoms with van der Waals surface area (Å²) in [5, 5.41) is 8.72. The first-order valence-corrected chi connectivity index (χ1v) is 6.50. The van der Waals surface area contributed by atoms with Gasteiger partial charge in [0.2, 0.25) is 0 Å². The molecule has 1 aromatic carbocycles. The molecule has 4 nitrogen and oxygen atoms in total. The second kappa shape index (κ2) is 5.85. The number of H-pyrrole nitrogens is 1. The third-order valence-corrected chi connectivity index (χ3v) is 3.01. The molecule has 0 aliphatic rings. The molecule has 4 heteroatoms. The highest BCUT2D eigenvalue weighted by atomic mass is 14.9. The Morgan fingerprint density at radius 3 is 2.52 bits per heavy atom. The number of hydrogen-bond donors (Lipinski definition) is 1. The lowest BCUT2D eigenvalue weighted by molar-refractivity contribution is 1.26. The minimum Gasteiger partial charge on any atom is -0.338 e. The molecule has 0 spiro atoms. The average molecular weight is 272 g/mol. The normalized spacial score (nSPS) is 10.6. The van der Waals surface area contributed by atoms with E-state index in [1.54, 1.807) is 24.5 Å². The smallest absolute Gasteiger partial charge is 0.130 e. The summed E-state index contributed by atoms with van der Waals surface area (Å²) < 4.78 is 0.